The van der Waals surface area contributed by atoms with Crippen molar-refractivity contribution in [3.8, 4) is 0 Å². The van der Waals surface area contributed by atoms with Crippen LogP contribution >= 0.6 is 0 Å². The molecule has 0 aromatic heterocycles. The van der Waals surface area contributed by atoms with Crippen LogP contribution in [0, 0.1) is 0 Å². The summed E-state index contributed by atoms with van der Waals surface area (Å²) in [4.78, 5) is 12.3. The van der Waals surface area contributed by atoms with Crippen molar-refractivity contribution in [3.63, 3.8) is 0 Å². The highest BCUT2D eigenvalue weighted by Crippen LogP contribution is 2.14. The number of carbonyl (C=O) groups excluding carboxylic acids is 1. The lowest BCUT2D eigenvalue weighted by Crippen LogP contribution is -2.53. The average Bonchev–Trinajstić information content (AvgIpc) is 2.92. The number of allylic oxidation sites excluding steroid dienone is 2. The Kier molecular flexibility index (Phi) is 26.9. The standard InChI is InChI=1S/C32H63NO5/c1-3-5-7-9-11-13-14-15-16-17-18-20-22-24-26-30(36)32(38)33-28(27-34)31(37)29(35)25-23-21-19-12-10-8-6-4-2/h13-14,28-31,34-37H,3-12,15-27H2,1-2H3,(H,33,38)/b14-13-. The Bertz CT molecular complexity index is 542. The summed E-state index contributed by atoms with van der Waals surface area (Å²) in [6.45, 7) is 3.96. The van der Waals surface area contributed by atoms with Crippen molar-refractivity contribution in [2.75, 3.05) is 6.61 Å². The predicted molar refractivity (Wildman–Crippen MR) is 159 cm³/mol. The lowest BCUT2D eigenvalue weighted by molar-refractivity contribution is -0.132. The number of carbonyl (C=O) groups is 1. The fourth-order valence-electron chi connectivity index (χ4n) is 4.81. The summed E-state index contributed by atoms with van der Waals surface area (Å²) in [6.07, 6.45) is 25.2. The molecule has 0 aromatic carbocycles. The molecular formula is C32H63NO5. The summed E-state index contributed by atoms with van der Waals surface area (Å²) in [6, 6.07) is -0.980. The lowest BCUT2D eigenvalue weighted by atomic mass is 9.99. The van der Waals surface area contributed by atoms with Crippen molar-refractivity contribution in [2.24, 2.45) is 0 Å². The second-order valence-corrected chi connectivity index (χ2v) is 11.2. The molecule has 4 unspecified atom stereocenters. The first kappa shape index (κ1) is 37.0. The van der Waals surface area contributed by atoms with Crippen LogP contribution in [0.15, 0.2) is 12.2 Å². The minimum atomic E-state index is -1.25. The zero-order valence-corrected chi connectivity index (χ0v) is 24.9. The van der Waals surface area contributed by atoms with E-state index in [1.165, 1.54) is 83.5 Å². The van der Waals surface area contributed by atoms with Crippen molar-refractivity contribution < 1.29 is 25.2 Å². The van der Waals surface area contributed by atoms with Crippen LogP contribution in [-0.2, 0) is 4.79 Å². The van der Waals surface area contributed by atoms with Gasteiger partial charge in [-0.2, -0.15) is 0 Å². The van der Waals surface area contributed by atoms with E-state index in [0.717, 1.165) is 44.9 Å². The van der Waals surface area contributed by atoms with Crippen LogP contribution in [0.1, 0.15) is 155 Å². The van der Waals surface area contributed by atoms with Crippen LogP contribution in [0.3, 0.4) is 0 Å². The first-order valence-corrected chi connectivity index (χ1v) is 16.1. The number of aliphatic hydroxyl groups is 4. The molecule has 0 heterocycles. The quantitative estimate of drug-likeness (QED) is 0.0557. The van der Waals surface area contributed by atoms with Gasteiger partial charge >= 0.3 is 0 Å². The summed E-state index contributed by atoms with van der Waals surface area (Å²) < 4.78 is 0. The van der Waals surface area contributed by atoms with Gasteiger partial charge < -0.3 is 25.7 Å². The van der Waals surface area contributed by atoms with Gasteiger partial charge in [0, 0.05) is 0 Å². The maximum atomic E-state index is 12.3. The van der Waals surface area contributed by atoms with E-state index in [2.05, 4.69) is 31.3 Å². The van der Waals surface area contributed by atoms with Gasteiger partial charge in [0.05, 0.1) is 18.8 Å². The summed E-state index contributed by atoms with van der Waals surface area (Å²) in [5.74, 6) is -0.594. The molecule has 0 spiro atoms. The molecule has 0 radical (unpaired) electrons. The fourth-order valence-corrected chi connectivity index (χ4v) is 4.81. The number of hydrogen-bond acceptors (Lipinski definition) is 5. The summed E-state index contributed by atoms with van der Waals surface area (Å²) in [5.41, 5.74) is 0. The van der Waals surface area contributed by atoms with Crippen molar-refractivity contribution in [1.29, 1.82) is 0 Å². The highest BCUT2D eigenvalue weighted by Gasteiger charge is 2.28. The van der Waals surface area contributed by atoms with Gasteiger partial charge in [-0.05, 0) is 38.5 Å². The zero-order chi connectivity index (χ0) is 28.3. The molecule has 0 aliphatic carbocycles. The summed E-state index contributed by atoms with van der Waals surface area (Å²) in [5, 5.41) is 43.1. The smallest absolute Gasteiger partial charge is 0.249 e. The number of amides is 1. The van der Waals surface area contributed by atoms with Gasteiger partial charge in [-0.1, -0.05) is 129 Å². The van der Waals surface area contributed by atoms with E-state index in [0.29, 0.717) is 12.8 Å². The number of unbranched alkanes of at least 4 members (excludes halogenated alkanes) is 17. The Hall–Kier alpha value is -0.950. The third kappa shape index (κ3) is 21.9. The molecule has 0 saturated heterocycles. The van der Waals surface area contributed by atoms with Gasteiger partial charge in [-0.25, -0.2) is 0 Å². The highest BCUT2D eigenvalue weighted by atomic mass is 16.3. The Morgan fingerprint density at radius 2 is 1.05 bits per heavy atom. The number of hydrogen-bond donors (Lipinski definition) is 5. The maximum absolute atomic E-state index is 12.3. The van der Waals surface area contributed by atoms with E-state index in [1.54, 1.807) is 0 Å². The highest BCUT2D eigenvalue weighted by molar-refractivity contribution is 5.80. The van der Waals surface area contributed by atoms with Gasteiger partial charge in [-0.15, -0.1) is 0 Å². The average molecular weight is 542 g/mol. The third-order valence-corrected chi connectivity index (χ3v) is 7.48. The van der Waals surface area contributed by atoms with Gasteiger partial charge in [0.15, 0.2) is 0 Å². The molecule has 0 bridgehead atoms. The second kappa shape index (κ2) is 27.6. The molecule has 0 aliphatic rings. The van der Waals surface area contributed by atoms with E-state index in [9.17, 15) is 25.2 Å². The summed E-state index contributed by atoms with van der Waals surface area (Å²) in [7, 11) is 0. The molecule has 0 aromatic rings. The van der Waals surface area contributed by atoms with Crippen LogP contribution < -0.4 is 5.32 Å². The van der Waals surface area contributed by atoms with Gasteiger partial charge in [-0.3, -0.25) is 4.79 Å². The van der Waals surface area contributed by atoms with Crippen molar-refractivity contribution >= 4 is 5.91 Å². The molecule has 226 valence electrons. The SMILES string of the molecule is CCCCCC/C=C\CCCCCCCCC(O)C(=O)NC(CO)C(O)C(O)CCCCCCCCCC. The molecule has 1 amide bonds. The number of aliphatic hydroxyl groups excluding tert-OH is 4. The molecule has 6 nitrogen and oxygen atoms in total. The minimum Gasteiger partial charge on any atom is -0.394 e. The van der Waals surface area contributed by atoms with Crippen molar-refractivity contribution in [2.45, 2.75) is 179 Å². The molecule has 0 fully saturated rings. The van der Waals surface area contributed by atoms with E-state index in [1.807, 2.05) is 0 Å². The Morgan fingerprint density at radius 3 is 1.55 bits per heavy atom. The largest absolute Gasteiger partial charge is 0.394 e. The van der Waals surface area contributed by atoms with E-state index in [-0.39, 0.29) is 0 Å². The van der Waals surface area contributed by atoms with Crippen molar-refractivity contribution in [3.05, 3.63) is 12.2 Å². The monoisotopic (exact) mass is 541 g/mol. The summed E-state index contributed by atoms with van der Waals surface area (Å²) >= 11 is 0. The third-order valence-electron chi connectivity index (χ3n) is 7.48. The predicted octanol–water partition coefficient (Wildman–Crippen LogP) is 6.72. The van der Waals surface area contributed by atoms with Crippen LogP contribution in [0.2, 0.25) is 0 Å². The van der Waals surface area contributed by atoms with Crippen molar-refractivity contribution in [1.82, 2.24) is 5.32 Å². The van der Waals surface area contributed by atoms with E-state index in [4.69, 9.17) is 0 Å². The lowest BCUT2D eigenvalue weighted by Gasteiger charge is -2.27. The first-order chi connectivity index (χ1) is 18.5. The van der Waals surface area contributed by atoms with Crippen LogP contribution in [0.25, 0.3) is 0 Å². The number of rotatable bonds is 28. The maximum Gasteiger partial charge on any atom is 0.249 e. The normalized spacial score (nSPS) is 15.0. The zero-order valence-electron chi connectivity index (χ0n) is 24.9. The molecule has 5 N–H and O–H groups in total. The van der Waals surface area contributed by atoms with Gasteiger partial charge in [0.25, 0.3) is 0 Å². The molecule has 6 heteroatoms. The van der Waals surface area contributed by atoms with Gasteiger partial charge in [0.2, 0.25) is 5.91 Å². The molecule has 0 saturated carbocycles. The Labute approximate surface area is 234 Å². The molecule has 0 rings (SSSR count). The molecule has 0 aliphatic heterocycles. The first-order valence-electron chi connectivity index (χ1n) is 16.1. The van der Waals surface area contributed by atoms with Crippen LogP contribution in [0.5, 0.6) is 0 Å². The second-order valence-electron chi connectivity index (χ2n) is 11.2. The fraction of sp³-hybridized carbons (Fsp3) is 0.906. The van der Waals surface area contributed by atoms with E-state index >= 15 is 0 Å². The minimum absolute atomic E-state index is 0.363. The Balaban J connectivity index is 3.88. The number of nitrogens with one attached hydrogen (secondary N) is 1. The van der Waals surface area contributed by atoms with Gasteiger partial charge in [0.1, 0.15) is 12.2 Å². The van der Waals surface area contributed by atoms with E-state index < -0.39 is 36.9 Å². The molecule has 4 atom stereocenters. The van der Waals surface area contributed by atoms with Crippen LogP contribution in [-0.4, -0.2) is 57.3 Å². The molecule has 38 heavy (non-hydrogen) atoms. The topological polar surface area (TPSA) is 110 Å². The molecular weight excluding hydrogens is 478 g/mol. The van der Waals surface area contributed by atoms with Crippen LogP contribution in [0.4, 0.5) is 0 Å². The Morgan fingerprint density at radius 1 is 0.632 bits per heavy atom.